The van der Waals surface area contributed by atoms with Crippen LogP contribution in [0.5, 0.6) is 5.75 Å². The van der Waals surface area contributed by atoms with Crippen LogP contribution in [0.25, 0.3) is 0 Å². The molecule has 0 unspecified atom stereocenters. The number of nitrogens with one attached hydrogen (secondary N) is 1. The Labute approximate surface area is 135 Å². The molecule has 0 fully saturated rings. The fourth-order valence-corrected chi connectivity index (χ4v) is 2.73. The van der Waals surface area contributed by atoms with Crippen molar-refractivity contribution in [3.63, 3.8) is 0 Å². The molecule has 6 nitrogen and oxygen atoms in total. The molecule has 1 atom stereocenters. The summed E-state index contributed by atoms with van der Waals surface area (Å²) >= 11 is 6.99. The molecule has 22 heavy (non-hydrogen) atoms. The normalized spacial score (nSPS) is 11.8. The molecule has 1 heterocycles. The smallest absolute Gasteiger partial charge is 0.234 e. The number of carbonyl (C=O) groups is 2. The minimum absolute atomic E-state index is 0.181. The number of thiazole rings is 1. The number of carboxylic acid groups (broad SMARTS) is 1. The lowest BCUT2D eigenvalue weighted by atomic mass is 10.1. The molecule has 2 rings (SSSR count). The second-order valence-corrected chi connectivity index (χ2v) is 5.74. The van der Waals surface area contributed by atoms with Crippen LogP contribution in [0, 0.1) is 0 Å². The number of rotatable bonds is 5. The Kier molecular flexibility index (Phi) is 4.99. The first kappa shape index (κ1) is 16.3. The SMILES string of the molecule is COc1ccc(Cl)cc1NC(=O)[C@@H](C)c1nc(C(=O)[O-])cs1. The van der Waals surface area contributed by atoms with Crippen molar-refractivity contribution in [2.45, 2.75) is 12.8 Å². The average molecular weight is 340 g/mol. The number of nitrogens with zero attached hydrogens (tertiary/aromatic N) is 1. The minimum Gasteiger partial charge on any atom is -0.543 e. The molecular weight excluding hydrogens is 328 g/mol. The maximum Gasteiger partial charge on any atom is 0.234 e. The van der Waals surface area contributed by atoms with Crippen molar-refractivity contribution >= 4 is 40.5 Å². The quantitative estimate of drug-likeness (QED) is 0.898. The number of carboxylic acids is 1. The van der Waals surface area contributed by atoms with Crippen LogP contribution in [0.15, 0.2) is 23.6 Å². The van der Waals surface area contributed by atoms with Crippen LogP contribution in [0.2, 0.25) is 5.02 Å². The highest BCUT2D eigenvalue weighted by Gasteiger charge is 2.20. The largest absolute Gasteiger partial charge is 0.543 e. The van der Waals surface area contributed by atoms with Gasteiger partial charge in [0.25, 0.3) is 0 Å². The molecule has 0 saturated heterocycles. The molecule has 0 spiro atoms. The zero-order valence-corrected chi connectivity index (χ0v) is 13.3. The fourth-order valence-electron chi connectivity index (χ4n) is 1.71. The van der Waals surface area contributed by atoms with Gasteiger partial charge in [0, 0.05) is 10.4 Å². The Morgan fingerprint density at radius 3 is 2.77 bits per heavy atom. The third kappa shape index (κ3) is 3.55. The van der Waals surface area contributed by atoms with Crippen LogP contribution in [0.4, 0.5) is 5.69 Å². The first-order valence-corrected chi connectivity index (χ1v) is 7.49. The topological polar surface area (TPSA) is 91.3 Å². The third-order valence-corrected chi connectivity index (χ3v) is 4.18. The van der Waals surface area contributed by atoms with Gasteiger partial charge in [0.1, 0.15) is 10.8 Å². The van der Waals surface area contributed by atoms with E-state index in [0.717, 1.165) is 11.3 Å². The van der Waals surface area contributed by atoms with Gasteiger partial charge in [-0.25, -0.2) is 4.98 Å². The number of methoxy groups -OCH3 is 1. The van der Waals surface area contributed by atoms with E-state index in [1.54, 1.807) is 25.1 Å². The van der Waals surface area contributed by atoms with Gasteiger partial charge in [0.2, 0.25) is 5.91 Å². The molecule has 1 amide bonds. The lowest BCUT2D eigenvalue weighted by Gasteiger charge is -2.13. The summed E-state index contributed by atoms with van der Waals surface area (Å²) in [5.41, 5.74) is 0.253. The molecule has 1 N–H and O–H groups in total. The van der Waals surface area contributed by atoms with E-state index in [4.69, 9.17) is 16.3 Å². The lowest BCUT2D eigenvalue weighted by molar-refractivity contribution is -0.255. The van der Waals surface area contributed by atoms with E-state index in [2.05, 4.69) is 10.3 Å². The molecule has 0 aliphatic heterocycles. The fraction of sp³-hybridized carbons (Fsp3) is 0.214. The Morgan fingerprint density at radius 2 is 2.18 bits per heavy atom. The Hall–Kier alpha value is -2.12. The second kappa shape index (κ2) is 6.76. The molecule has 0 radical (unpaired) electrons. The molecule has 8 heteroatoms. The molecule has 0 saturated carbocycles. The van der Waals surface area contributed by atoms with E-state index < -0.39 is 11.9 Å². The molecule has 0 aliphatic carbocycles. The first-order valence-electron chi connectivity index (χ1n) is 6.23. The van der Waals surface area contributed by atoms with Gasteiger partial charge in [-0.3, -0.25) is 4.79 Å². The summed E-state index contributed by atoms with van der Waals surface area (Å²) in [4.78, 5) is 26.9. The lowest BCUT2D eigenvalue weighted by Crippen LogP contribution is -2.23. The molecule has 1 aromatic heterocycles. The van der Waals surface area contributed by atoms with E-state index in [-0.39, 0.29) is 11.6 Å². The minimum atomic E-state index is -1.37. The summed E-state index contributed by atoms with van der Waals surface area (Å²) in [6, 6.07) is 4.85. The molecular formula is C14H12ClN2O4S-. The summed E-state index contributed by atoms with van der Waals surface area (Å²) < 4.78 is 5.15. The van der Waals surface area contributed by atoms with Crippen molar-refractivity contribution in [3.05, 3.63) is 39.3 Å². The summed E-state index contributed by atoms with van der Waals surface area (Å²) in [6.45, 7) is 1.63. The number of hydrogen-bond acceptors (Lipinski definition) is 6. The maximum atomic E-state index is 12.3. The number of ether oxygens (including phenoxy) is 1. The number of anilines is 1. The number of aromatic nitrogens is 1. The van der Waals surface area contributed by atoms with Crippen molar-refractivity contribution in [1.82, 2.24) is 4.98 Å². The second-order valence-electron chi connectivity index (χ2n) is 4.41. The zero-order valence-electron chi connectivity index (χ0n) is 11.8. The Morgan fingerprint density at radius 1 is 1.45 bits per heavy atom. The molecule has 2 aromatic rings. The monoisotopic (exact) mass is 339 g/mol. The number of amides is 1. The summed E-state index contributed by atoms with van der Waals surface area (Å²) in [6.07, 6.45) is 0. The van der Waals surface area contributed by atoms with E-state index in [1.807, 2.05) is 0 Å². The highest BCUT2D eigenvalue weighted by Crippen LogP contribution is 2.29. The van der Waals surface area contributed by atoms with Crippen molar-refractivity contribution in [2.75, 3.05) is 12.4 Å². The summed E-state index contributed by atoms with van der Waals surface area (Å²) in [7, 11) is 1.48. The van der Waals surface area contributed by atoms with Gasteiger partial charge in [0.15, 0.2) is 0 Å². The van der Waals surface area contributed by atoms with Crippen molar-refractivity contribution < 1.29 is 19.4 Å². The van der Waals surface area contributed by atoms with Crippen molar-refractivity contribution in [3.8, 4) is 5.75 Å². The molecule has 1 aromatic carbocycles. The molecule has 116 valence electrons. The predicted molar refractivity (Wildman–Crippen MR) is 81.5 cm³/mol. The molecule has 0 aliphatic rings. The van der Waals surface area contributed by atoms with Crippen molar-refractivity contribution in [1.29, 1.82) is 0 Å². The maximum absolute atomic E-state index is 12.3. The Balaban J connectivity index is 2.17. The predicted octanol–water partition coefficient (Wildman–Crippen LogP) is 1.91. The highest BCUT2D eigenvalue weighted by molar-refractivity contribution is 7.10. The highest BCUT2D eigenvalue weighted by atomic mass is 35.5. The van der Waals surface area contributed by atoms with Gasteiger partial charge in [0.05, 0.1) is 30.4 Å². The van der Waals surface area contributed by atoms with Crippen LogP contribution in [0.1, 0.15) is 28.3 Å². The standard InChI is InChI=1S/C14H13ClN2O4S/c1-7(13-17-10(6-22-13)14(19)20)12(18)16-9-5-8(15)3-4-11(9)21-2/h3-7H,1-2H3,(H,16,18)(H,19,20)/p-1/t7-/m1/s1. The summed E-state index contributed by atoms with van der Waals surface area (Å²) in [5, 5.41) is 15.6. The van der Waals surface area contributed by atoms with Gasteiger partial charge >= 0.3 is 0 Å². The Bertz CT molecular complexity index is 717. The van der Waals surface area contributed by atoms with Crippen LogP contribution in [-0.2, 0) is 4.79 Å². The van der Waals surface area contributed by atoms with Gasteiger partial charge in [-0.2, -0.15) is 0 Å². The zero-order chi connectivity index (χ0) is 16.3. The van der Waals surface area contributed by atoms with E-state index in [9.17, 15) is 14.7 Å². The number of carbonyl (C=O) groups excluding carboxylic acids is 2. The summed E-state index contributed by atoms with van der Waals surface area (Å²) in [5.74, 6) is -1.87. The van der Waals surface area contributed by atoms with Crippen LogP contribution < -0.4 is 15.2 Å². The first-order chi connectivity index (χ1) is 10.4. The van der Waals surface area contributed by atoms with Gasteiger partial charge in [-0.05, 0) is 25.1 Å². The molecule has 0 bridgehead atoms. The average Bonchev–Trinajstić information content (AvgIpc) is 2.96. The van der Waals surface area contributed by atoms with Gasteiger partial charge < -0.3 is 20.0 Å². The van der Waals surface area contributed by atoms with E-state index in [0.29, 0.717) is 21.5 Å². The van der Waals surface area contributed by atoms with Crippen LogP contribution in [-0.4, -0.2) is 24.0 Å². The number of halogens is 1. The van der Waals surface area contributed by atoms with E-state index >= 15 is 0 Å². The number of aromatic carboxylic acids is 1. The third-order valence-electron chi connectivity index (χ3n) is 2.91. The van der Waals surface area contributed by atoms with Crippen LogP contribution in [0.3, 0.4) is 0 Å². The van der Waals surface area contributed by atoms with E-state index in [1.165, 1.54) is 12.5 Å². The van der Waals surface area contributed by atoms with Gasteiger partial charge in [-0.15, -0.1) is 11.3 Å². The number of benzene rings is 1. The van der Waals surface area contributed by atoms with Crippen LogP contribution >= 0.6 is 22.9 Å². The van der Waals surface area contributed by atoms with Gasteiger partial charge in [-0.1, -0.05) is 11.6 Å². The number of hydrogen-bond donors (Lipinski definition) is 1. The van der Waals surface area contributed by atoms with Crippen molar-refractivity contribution in [2.24, 2.45) is 0 Å².